The van der Waals surface area contributed by atoms with Crippen LogP contribution in [0.3, 0.4) is 0 Å². The molecule has 1 atom stereocenters. The SMILES string of the molecule is CCC(C)(C)[C@H]1CCc2c(sc3ncn4nc(-c5cc(C)nn5C)nc4c23)C1. The quantitative estimate of drug-likeness (QED) is 0.510. The van der Waals surface area contributed by atoms with Gasteiger partial charge in [0.1, 0.15) is 16.9 Å². The van der Waals surface area contributed by atoms with Crippen LogP contribution in [0.1, 0.15) is 49.7 Å². The number of aromatic nitrogens is 6. The summed E-state index contributed by atoms with van der Waals surface area (Å²) in [6.07, 6.45) is 6.52. The highest BCUT2D eigenvalue weighted by atomic mass is 32.1. The molecule has 4 heterocycles. The van der Waals surface area contributed by atoms with Crippen molar-refractivity contribution in [3.63, 3.8) is 0 Å². The second-order valence-electron chi connectivity index (χ2n) is 8.71. The summed E-state index contributed by atoms with van der Waals surface area (Å²) in [5.41, 5.74) is 4.65. The van der Waals surface area contributed by atoms with Gasteiger partial charge in [-0.1, -0.05) is 27.2 Å². The summed E-state index contributed by atoms with van der Waals surface area (Å²) >= 11 is 1.85. The van der Waals surface area contributed by atoms with Crippen LogP contribution in [0.2, 0.25) is 0 Å². The van der Waals surface area contributed by atoms with Gasteiger partial charge in [0.15, 0.2) is 11.5 Å². The number of nitrogens with zero attached hydrogens (tertiary/aromatic N) is 6. The lowest BCUT2D eigenvalue weighted by Crippen LogP contribution is -2.28. The highest BCUT2D eigenvalue weighted by Gasteiger charge is 2.33. The maximum atomic E-state index is 4.91. The maximum Gasteiger partial charge on any atom is 0.200 e. The number of hydrogen-bond acceptors (Lipinski definition) is 5. The minimum Gasteiger partial charge on any atom is -0.264 e. The number of aryl methyl sites for hydroxylation is 3. The Labute approximate surface area is 168 Å². The first-order chi connectivity index (χ1) is 13.4. The van der Waals surface area contributed by atoms with E-state index in [9.17, 15) is 0 Å². The molecule has 0 aromatic carbocycles. The third kappa shape index (κ3) is 2.59. The Morgan fingerprint density at radius 3 is 2.82 bits per heavy atom. The van der Waals surface area contributed by atoms with Gasteiger partial charge in [0.05, 0.1) is 11.1 Å². The van der Waals surface area contributed by atoms with Crippen molar-refractivity contribution in [3.8, 4) is 11.5 Å². The van der Waals surface area contributed by atoms with Crippen LogP contribution >= 0.6 is 11.3 Å². The minimum atomic E-state index is 0.385. The largest absolute Gasteiger partial charge is 0.264 e. The Morgan fingerprint density at radius 1 is 1.29 bits per heavy atom. The van der Waals surface area contributed by atoms with Gasteiger partial charge in [-0.25, -0.2) is 14.5 Å². The van der Waals surface area contributed by atoms with E-state index in [-0.39, 0.29) is 0 Å². The van der Waals surface area contributed by atoms with Crippen LogP contribution in [0.25, 0.3) is 27.4 Å². The summed E-state index contributed by atoms with van der Waals surface area (Å²) in [6, 6.07) is 2.03. The highest BCUT2D eigenvalue weighted by Crippen LogP contribution is 2.45. The lowest BCUT2D eigenvalue weighted by molar-refractivity contribution is 0.184. The molecule has 146 valence electrons. The lowest BCUT2D eigenvalue weighted by Gasteiger charge is -2.36. The van der Waals surface area contributed by atoms with Crippen molar-refractivity contribution in [2.45, 2.75) is 53.4 Å². The summed E-state index contributed by atoms with van der Waals surface area (Å²) in [6.45, 7) is 9.12. The molecule has 1 aliphatic carbocycles. The third-order valence-electron chi connectivity index (χ3n) is 6.63. The highest BCUT2D eigenvalue weighted by molar-refractivity contribution is 7.19. The molecule has 0 fully saturated rings. The molecule has 0 bridgehead atoms. The number of hydrogen-bond donors (Lipinski definition) is 0. The van der Waals surface area contributed by atoms with E-state index in [1.165, 1.54) is 28.7 Å². The molecule has 1 aliphatic rings. The predicted octanol–water partition coefficient (Wildman–Crippen LogP) is 4.59. The first kappa shape index (κ1) is 17.8. The first-order valence-electron chi connectivity index (χ1n) is 10.0. The number of thiophene rings is 1. The number of rotatable bonds is 3. The molecule has 4 aromatic rings. The van der Waals surface area contributed by atoms with Crippen LogP contribution in [0, 0.1) is 18.3 Å². The second-order valence-corrected chi connectivity index (χ2v) is 9.79. The molecular weight excluding hydrogens is 368 g/mol. The van der Waals surface area contributed by atoms with Gasteiger partial charge in [0, 0.05) is 11.9 Å². The van der Waals surface area contributed by atoms with Crippen molar-refractivity contribution in [1.82, 2.24) is 29.4 Å². The normalized spacial score (nSPS) is 17.5. The summed E-state index contributed by atoms with van der Waals surface area (Å²) < 4.78 is 3.67. The molecule has 0 unspecified atom stereocenters. The second kappa shape index (κ2) is 6.11. The molecule has 6 nitrogen and oxygen atoms in total. The topological polar surface area (TPSA) is 60.9 Å². The van der Waals surface area contributed by atoms with E-state index in [0.29, 0.717) is 11.2 Å². The third-order valence-corrected chi connectivity index (χ3v) is 7.80. The van der Waals surface area contributed by atoms with Crippen molar-refractivity contribution in [2.24, 2.45) is 18.4 Å². The van der Waals surface area contributed by atoms with Crippen LogP contribution in [-0.2, 0) is 19.9 Å². The summed E-state index contributed by atoms with van der Waals surface area (Å²) in [5.74, 6) is 1.44. The average Bonchev–Trinajstić information content (AvgIpc) is 3.34. The summed E-state index contributed by atoms with van der Waals surface area (Å²) in [5, 5.41) is 10.3. The molecule has 28 heavy (non-hydrogen) atoms. The van der Waals surface area contributed by atoms with E-state index in [1.54, 1.807) is 6.33 Å². The molecule has 5 rings (SSSR count). The molecule has 0 spiro atoms. The van der Waals surface area contributed by atoms with E-state index in [1.807, 2.05) is 40.6 Å². The standard InChI is InChI=1S/C21H26N6S/c1-6-21(3,4)13-7-8-14-16(10-13)28-20-17(14)19-23-18(25-27(19)11-22-20)15-9-12(2)24-26(15)5/h9,11,13H,6-8,10H2,1-5H3/t13-/m0/s1. The fraction of sp³-hybridized carbons (Fsp3) is 0.524. The molecule has 0 saturated heterocycles. The van der Waals surface area contributed by atoms with E-state index >= 15 is 0 Å². The van der Waals surface area contributed by atoms with E-state index < -0.39 is 0 Å². The van der Waals surface area contributed by atoms with Crippen molar-refractivity contribution in [1.29, 1.82) is 0 Å². The maximum absolute atomic E-state index is 4.91. The Balaban J connectivity index is 1.64. The first-order valence-corrected chi connectivity index (χ1v) is 10.9. The van der Waals surface area contributed by atoms with Gasteiger partial charge in [-0.05, 0) is 49.1 Å². The Bertz CT molecular complexity index is 1190. The van der Waals surface area contributed by atoms with Gasteiger partial charge in [0.25, 0.3) is 0 Å². The van der Waals surface area contributed by atoms with Gasteiger partial charge in [0.2, 0.25) is 0 Å². The van der Waals surface area contributed by atoms with Gasteiger partial charge in [-0.15, -0.1) is 16.4 Å². The smallest absolute Gasteiger partial charge is 0.200 e. The molecule has 0 N–H and O–H groups in total. The van der Waals surface area contributed by atoms with Gasteiger partial charge < -0.3 is 0 Å². The van der Waals surface area contributed by atoms with Crippen LogP contribution < -0.4 is 0 Å². The van der Waals surface area contributed by atoms with Gasteiger partial charge in [-0.2, -0.15) is 5.10 Å². The van der Waals surface area contributed by atoms with Gasteiger partial charge in [-0.3, -0.25) is 4.68 Å². The zero-order chi connectivity index (χ0) is 19.6. The summed E-state index contributed by atoms with van der Waals surface area (Å²) in [4.78, 5) is 12.2. The Kier molecular flexibility index (Phi) is 3.88. The average molecular weight is 395 g/mol. The molecular formula is C21H26N6S. The van der Waals surface area contributed by atoms with E-state index in [0.717, 1.165) is 40.6 Å². The molecule has 0 aliphatic heterocycles. The van der Waals surface area contributed by atoms with E-state index in [2.05, 4.69) is 25.9 Å². The fourth-order valence-electron chi connectivity index (χ4n) is 4.46. The fourth-order valence-corrected chi connectivity index (χ4v) is 5.72. The lowest BCUT2D eigenvalue weighted by atomic mass is 9.70. The van der Waals surface area contributed by atoms with Crippen molar-refractivity contribution in [2.75, 3.05) is 0 Å². The van der Waals surface area contributed by atoms with Gasteiger partial charge >= 0.3 is 0 Å². The van der Waals surface area contributed by atoms with Crippen LogP contribution in [0.5, 0.6) is 0 Å². The monoisotopic (exact) mass is 394 g/mol. The predicted molar refractivity (Wildman–Crippen MR) is 113 cm³/mol. The van der Waals surface area contributed by atoms with Crippen molar-refractivity contribution in [3.05, 3.63) is 28.5 Å². The molecule has 0 radical (unpaired) electrons. The van der Waals surface area contributed by atoms with Crippen molar-refractivity contribution < 1.29 is 0 Å². The Morgan fingerprint density at radius 2 is 2.11 bits per heavy atom. The van der Waals surface area contributed by atoms with Crippen LogP contribution in [0.15, 0.2) is 12.4 Å². The van der Waals surface area contributed by atoms with Crippen LogP contribution in [-0.4, -0.2) is 29.4 Å². The van der Waals surface area contributed by atoms with E-state index in [4.69, 9.17) is 15.1 Å². The Hall–Kier alpha value is -2.28. The molecule has 7 heteroatoms. The zero-order valence-corrected chi connectivity index (χ0v) is 18.0. The minimum absolute atomic E-state index is 0.385. The zero-order valence-electron chi connectivity index (χ0n) is 17.2. The molecule has 4 aromatic heterocycles. The molecule has 0 saturated carbocycles. The number of fused-ring (bicyclic) bond motifs is 5. The molecule has 0 amide bonds. The van der Waals surface area contributed by atoms with Crippen molar-refractivity contribution >= 4 is 27.2 Å². The van der Waals surface area contributed by atoms with Crippen LogP contribution in [0.4, 0.5) is 0 Å². The summed E-state index contributed by atoms with van der Waals surface area (Å²) in [7, 11) is 1.93.